The number of hydrogen-bond donors (Lipinski definition) is 3. The second-order valence-electron chi connectivity index (χ2n) is 3.40. The topological polar surface area (TPSA) is 69.9 Å². The Morgan fingerprint density at radius 3 is 2.31 bits per heavy atom. The highest BCUT2D eigenvalue weighted by Gasteiger charge is 2.41. The first-order chi connectivity index (χ1) is 6.02. The van der Waals surface area contributed by atoms with E-state index < -0.39 is 24.6 Å². The molecule has 0 aromatic heterocycles. The lowest BCUT2D eigenvalue weighted by atomic mass is 10.1. The van der Waals surface area contributed by atoms with Crippen LogP contribution in [0.3, 0.4) is 0 Å². The van der Waals surface area contributed by atoms with Gasteiger partial charge in [-0.25, -0.2) is 0 Å². The molecule has 0 aliphatic carbocycles. The molecule has 1 fully saturated rings. The van der Waals surface area contributed by atoms with Gasteiger partial charge in [0, 0.05) is 3.92 Å². The van der Waals surface area contributed by atoms with Gasteiger partial charge in [-0.3, -0.25) is 0 Å². The zero-order chi connectivity index (χ0) is 10.0. The predicted molar refractivity (Wildman–Crippen MR) is 55.6 cm³/mol. The standard InChI is InChI=1S/C8H15IO4/c1-4(9)2-3-5-6(10)7(11)8(12)13-5/h4-8,10-12H,2-3H2,1H3/t4?,5?,6?,7?,8-/m0/s1. The summed E-state index contributed by atoms with van der Waals surface area (Å²) in [5.74, 6) is 0. The molecule has 1 saturated heterocycles. The Hall–Kier alpha value is 0.570. The molecule has 4 nitrogen and oxygen atoms in total. The third kappa shape index (κ3) is 3.02. The molecule has 0 amide bonds. The van der Waals surface area contributed by atoms with Crippen molar-refractivity contribution in [2.24, 2.45) is 0 Å². The molecule has 0 bridgehead atoms. The lowest BCUT2D eigenvalue weighted by Gasteiger charge is -2.14. The van der Waals surface area contributed by atoms with Crippen LogP contribution in [0.15, 0.2) is 0 Å². The van der Waals surface area contributed by atoms with E-state index in [1.54, 1.807) is 0 Å². The van der Waals surface area contributed by atoms with Crippen LogP contribution in [0.1, 0.15) is 19.8 Å². The van der Waals surface area contributed by atoms with Gasteiger partial charge in [0.15, 0.2) is 6.29 Å². The summed E-state index contributed by atoms with van der Waals surface area (Å²) in [6.45, 7) is 2.06. The van der Waals surface area contributed by atoms with Crippen molar-refractivity contribution < 1.29 is 20.1 Å². The molecule has 0 aromatic carbocycles. The Bertz CT molecular complexity index is 164. The number of alkyl halides is 1. The third-order valence-electron chi connectivity index (χ3n) is 2.19. The molecule has 1 aliphatic rings. The maximum absolute atomic E-state index is 9.40. The zero-order valence-corrected chi connectivity index (χ0v) is 9.59. The number of aliphatic hydroxyl groups excluding tert-OH is 3. The summed E-state index contributed by atoms with van der Waals surface area (Å²) >= 11 is 2.28. The van der Waals surface area contributed by atoms with Gasteiger partial charge in [-0.2, -0.15) is 0 Å². The Labute approximate surface area is 91.0 Å². The van der Waals surface area contributed by atoms with E-state index in [0.717, 1.165) is 6.42 Å². The third-order valence-corrected chi connectivity index (χ3v) is 2.81. The van der Waals surface area contributed by atoms with Crippen molar-refractivity contribution in [3.8, 4) is 0 Å². The van der Waals surface area contributed by atoms with Crippen LogP contribution in [0.2, 0.25) is 0 Å². The molecule has 1 rings (SSSR count). The van der Waals surface area contributed by atoms with Gasteiger partial charge in [-0.1, -0.05) is 29.5 Å². The van der Waals surface area contributed by atoms with Gasteiger partial charge in [0.2, 0.25) is 0 Å². The van der Waals surface area contributed by atoms with E-state index in [-0.39, 0.29) is 0 Å². The first kappa shape index (κ1) is 11.6. The summed E-state index contributed by atoms with van der Waals surface area (Å²) in [5.41, 5.74) is 0. The van der Waals surface area contributed by atoms with Crippen LogP contribution in [0.5, 0.6) is 0 Å². The average molecular weight is 302 g/mol. The molecule has 4 unspecified atom stereocenters. The van der Waals surface area contributed by atoms with Gasteiger partial charge in [0.1, 0.15) is 12.2 Å². The van der Waals surface area contributed by atoms with Gasteiger partial charge in [-0.15, -0.1) is 0 Å². The highest BCUT2D eigenvalue weighted by Crippen LogP contribution is 2.24. The van der Waals surface area contributed by atoms with Crippen LogP contribution in [-0.4, -0.2) is 43.8 Å². The van der Waals surface area contributed by atoms with Crippen molar-refractivity contribution in [1.29, 1.82) is 0 Å². The summed E-state index contributed by atoms with van der Waals surface area (Å²) in [6, 6.07) is 0. The minimum absolute atomic E-state index is 0.429. The molecule has 1 heterocycles. The number of aliphatic hydroxyl groups is 3. The number of rotatable bonds is 3. The minimum Gasteiger partial charge on any atom is -0.387 e. The monoisotopic (exact) mass is 302 g/mol. The number of halogens is 1. The number of hydrogen-bond acceptors (Lipinski definition) is 4. The van der Waals surface area contributed by atoms with E-state index in [1.807, 2.05) is 0 Å². The second-order valence-corrected chi connectivity index (χ2v) is 5.53. The molecule has 0 radical (unpaired) electrons. The van der Waals surface area contributed by atoms with Crippen molar-refractivity contribution in [3.63, 3.8) is 0 Å². The van der Waals surface area contributed by atoms with E-state index in [4.69, 9.17) is 9.84 Å². The summed E-state index contributed by atoms with van der Waals surface area (Å²) < 4.78 is 5.49. The molecule has 1 aliphatic heterocycles. The van der Waals surface area contributed by atoms with Gasteiger partial charge in [0.25, 0.3) is 0 Å². The van der Waals surface area contributed by atoms with Crippen LogP contribution in [-0.2, 0) is 4.74 Å². The molecule has 0 saturated carbocycles. The highest BCUT2D eigenvalue weighted by atomic mass is 127. The maximum Gasteiger partial charge on any atom is 0.183 e. The number of ether oxygens (including phenoxy) is 1. The van der Waals surface area contributed by atoms with Gasteiger partial charge >= 0.3 is 0 Å². The van der Waals surface area contributed by atoms with E-state index in [2.05, 4.69) is 29.5 Å². The smallest absolute Gasteiger partial charge is 0.183 e. The van der Waals surface area contributed by atoms with Crippen LogP contribution < -0.4 is 0 Å². The second kappa shape index (κ2) is 4.88. The van der Waals surface area contributed by atoms with E-state index in [1.165, 1.54) is 0 Å². The molecular formula is C8H15IO4. The SMILES string of the molecule is CC(I)CCC1O[C@H](O)C(O)C1O. The largest absolute Gasteiger partial charge is 0.387 e. The zero-order valence-electron chi connectivity index (χ0n) is 7.43. The van der Waals surface area contributed by atoms with Gasteiger partial charge in [0.05, 0.1) is 6.10 Å². The fraction of sp³-hybridized carbons (Fsp3) is 1.00. The Kier molecular flexibility index (Phi) is 4.37. The van der Waals surface area contributed by atoms with Crippen molar-refractivity contribution in [1.82, 2.24) is 0 Å². The van der Waals surface area contributed by atoms with Crippen molar-refractivity contribution in [2.75, 3.05) is 0 Å². The lowest BCUT2D eigenvalue weighted by molar-refractivity contribution is -0.127. The van der Waals surface area contributed by atoms with E-state index in [9.17, 15) is 10.2 Å². The summed E-state index contributed by atoms with van der Waals surface area (Å²) in [4.78, 5) is 0. The minimum atomic E-state index is -1.23. The normalized spacial score (nSPS) is 42.2. The van der Waals surface area contributed by atoms with E-state index >= 15 is 0 Å². The van der Waals surface area contributed by atoms with E-state index in [0.29, 0.717) is 10.3 Å². The molecule has 0 spiro atoms. The van der Waals surface area contributed by atoms with Crippen molar-refractivity contribution in [2.45, 2.75) is 48.3 Å². The van der Waals surface area contributed by atoms with Gasteiger partial charge in [-0.05, 0) is 12.8 Å². The molecule has 5 atom stereocenters. The van der Waals surface area contributed by atoms with Crippen LogP contribution in [0.4, 0.5) is 0 Å². The lowest BCUT2D eigenvalue weighted by Crippen LogP contribution is -2.32. The Morgan fingerprint density at radius 1 is 1.31 bits per heavy atom. The Balaban J connectivity index is 2.35. The Morgan fingerprint density at radius 2 is 1.92 bits per heavy atom. The molecular weight excluding hydrogens is 287 g/mol. The van der Waals surface area contributed by atoms with Crippen LogP contribution in [0.25, 0.3) is 0 Å². The van der Waals surface area contributed by atoms with Gasteiger partial charge < -0.3 is 20.1 Å². The van der Waals surface area contributed by atoms with Crippen LogP contribution in [0, 0.1) is 0 Å². The predicted octanol–water partition coefficient (Wildman–Crippen LogP) is 0.0291. The summed E-state index contributed by atoms with van der Waals surface area (Å²) in [6.07, 6.45) is -2.20. The fourth-order valence-electron chi connectivity index (χ4n) is 1.36. The first-order valence-electron chi connectivity index (χ1n) is 4.36. The molecule has 3 N–H and O–H groups in total. The molecule has 78 valence electrons. The van der Waals surface area contributed by atoms with Crippen molar-refractivity contribution in [3.05, 3.63) is 0 Å². The van der Waals surface area contributed by atoms with Crippen LogP contribution >= 0.6 is 22.6 Å². The maximum atomic E-state index is 9.40. The summed E-state index contributed by atoms with van der Waals surface area (Å²) in [5, 5.41) is 27.6. The summed E-state index contributed by atoms with van der Waals surface area (Å²) in [7, 11) is 0. The average Bonchev–Trinajstić information content (AvgIpc) is 2.29. The first-order valence-corrected chi connectivity index (χ1v) is 5.60. The highest BCUT2D eigenvalue weighted by molar-refractivity contribution is 14.1. The fourth-order valence-corrected chi connectivity index (χ4v) is 1.72. The quantitative estimate of drug-likeness (QED) is 0.508. The molecule has 13 heavy (non-hydrogen) atoms. The molecule has 0 aromatic rings. The molecule has 5 heteroatoms. The van der Waals surface area contributed by atoms with Crippen molar-refractivity contribution >= 4 is 22.6 Å².